The van der Waals surface area contributed by atoms with Crippen molar-refractivity contribution in [3.05, 3.63) is 109 Å². The van der Waals surface area contributed by atoms with E-state index in [-0.39, 0.29) is 53.6 Å². The molecule has 0 aromatic heterocycles. The summed E-state index contributed by atoms with van der Waals surface area (Å²) in [6.45, 7) is 8.30. The minimum atomic E-state index is -0.752. The molecule has 0 heterocycles. The summed E-state index contributed by atoms with van der Waals surface area (Å²) in [6, 6.07) is 15.8. The van der Waals surface area contributed by atoms with Crippen molar-refractivity contribution in [2.45, 2.75) is 26.2 Å². The van der Waals surface area contributed by atoms with E-state index in [2.05, 4.69) is 13.2 Å². The molecule has 11 nitrogen and oxygen atoms in total. The maximum absolute atomic E-state index is 12.6. The summed E-state index contributed by atoms with van der Waals surface area (Å²) in [4.78, 5) is 71.1. The zero-order valence-electron chi connectivity index (χ0n) is 23.7. The first-order valence-electron chi connectivity index (χ1n) is 13.2. The molecular weight excluding hydrogens is 572 g/mol. The van der Waals surface area contributed by atoms with E-state index in [0.717, 1.165) is 12.2 Å². The van der Waals surface area contributed by atoms with Crippen LogP contribution in [0.15, 0.2) is 92.0 Å². The van der Waals surface area contributed by atoms with Gasteiger partial charge in [-0.2, -0.15) is 0 Å². The number of esters is 5. The van der Waals surface area contributed by atoms with Crippen molar-refractivity contribution in [1.82, 2.24) is 0 Å². The number of ether oxygens (including phenoxy) is 5. The average Bonchev–Trinajstić information content (AvgIpc) is 3.01. The highest BCUT2D eigenvalue weighted by atomic mass is 16.6. The number of aryl methyl sites for hydroxylation is 1. The second kappa shape index (κ2) is 16.0. The Morgan fingerprint density at radius 1 is 0.659 bits per heavy atom. The first-order chi connectivity index (χ1) is 21.1. The molecule has 3 aromatic rings. The van der Waals surface area contributed by atoms with E-state index in [4.69, 9.17) is 23.7 Å². The Balaban J connectivity index is 1.50. The van der Waals surface area contributed by atoms with Crippen LogP contribution in [0.4, 0.5) is 0 Å². The van der Waals surface area contributed by atoms with Gasteiger partial charge in [0, 0.05) is 12.5 Å². The molecular formula is C33H28O11. The van der Waals surface area contributed by atoms with Crippen LogP contribution in [0.3, 0.4) is 0 Å². The molecule has 0 aliphatic carbocycles. The standard InChI is InChI=1S/C33H28O11/c1-4-24(34)20-31(37)42-26-14-10-23(11-15-26)33(39)44-28-17-16-27(19-21(28)3)43-32(38)22-8-12-25(13-9-22)41-30(36)7-6-18-40-29(35)5-2/h4-5,8-17,19H,1-2,6-7,18,20H2,3H3. The summed E-state index contributed by atoms with van der Waals surface area (Å²) in [5.74, 6) is -2.83. The van der Waals surface area contributed by atoms with Gasteiger partial charge in [-0.15, -0.1) is 0 Å². The second-order valence-electron chi connectivity index (χ2n) is 9.03. The first kappa shape index (κ1) is 32.7. The predicted octanol–water partition coefficient (Wildman–Crippen LogP) is 4.90. The number of hydrogen-bond acceptors (Lipinski definition) is 11. The molecule has 0 radical (unpaired) electrons. The van der Waals surface area contributed by atoms with E-state index in [9.17, 15) is 28.8 Å². The van der Waals surface area contributed by atoms with Gasteiger partial charge in [0.25, 0.3) is 0 Å². The van der Waals surface area contributed by atoms with Gasteiger partial charge in [0.2, 0.25) is 0 Å². The third-order valence-electron chi connectivity index (χ3n) is 5.69. The molecule has 0 unspecified atom stereocenters. The van der Waals surface area contributed by atoms with Crippen molar-refractivity contribution < 1.29 is 52.5 Å². The molecule has 44 heavy (non-hydrogen) atoms. The molecule has 3 aromatic carbocycles. The molecule has 0 saturated heterocycles. The lowest BCUT2D eigenvalue weighted by molar-refractivity contribution is -0.140. The Kier molecular flexibility index (Phi) is 11.9. The van der Waals surface area contributed by atoms with Crippen LogP contribution in [0.1, 0.15) is 45.5 Å². The molecule has 226 valence electrons. The fourth-order valence-corrected chi connectivity index (χ4v) is 3.46. The lowest BCUT2D eigenvalue weighted by atomic mass is 10.2. The van der Waals surface area contributed by atoms with Crippen molar-refractivity contribution in [1.29, 1.82) is 0 Å². The highest BCUT2D eigenvalue weighted by Gasteiger charge is 2.15. The van der Waals surface area contributed by atoms with Gasteiger partial charge in [0.1, 0.15) is 29.4 Å². The van der Waals surface area contributed by atoms with E-state index in [0.29, 0.717) is 5.56 Å². The summed E-state index contributed by atoms with van der Waals surface area (Å²) in [7, 11) is 0. The first-order valence-corrected chi connectivity index (χ1v) is 13.2. The summed E-state index contributed by atoms with van der Waals surface area (Å²) in [5, 5.41) is 0. The molecule has 0 saturated carbocycles. The van der Waals surface area contributed by atoms with Gasteiger partial charge in [0.15, 0.2) is 5.78 Å². The fraction of sp³-hybridized carbons (Fsp3) is 0.152. The lowest BCUT2D eigenvalue weighted by Gasteiger charge is -2.10. The molecule has 0 spiro atoms. The predicted molar refractivity (Wildman–Crippen MR) is 155 cm³/mol. The maximum Gasteiger partial charge on any atom is 0.343 e. The molecule has 0 N–H and O–H groups in total. The summed E-state index contributed by atoms with van der Waals surface area (Å²) in [5.41, 5.74) is 0.906. The molecule has 0 amide bonds. The van der Waals surface area contributed by atoms with Gasteiger partial charge in [-0.05, 0) is 91.7 Å². The van der Waals surface area contributed by atoms with Crippen molar-refractivity contribution in [2.24, 2.45) is 0 Å². The van der Waals surface area contributed by atoms with Crippen LogP contribution in [0.5, 0.6) is 23.0 Å². The van der Waals surface area contributed by atoms with Gasteiger partial charge >= 0.3 is 29.8 Å². The quantitative estimate of drug-likeness (QED) is 0.0818. The fourth-order valence-electron chi connectivity index (χ4n) is 3.46. The molecule has 0 aliphatic rings. The summed E-state index contributed by atoms with van der Waals surface area (Å²) >= 11 is 0. The number of benzene rings is 3. The SMILES string of the molecule is C=CC(=O)CC(=O)Oc1ccc(C(=O)Oc2ccc(OC(=O)c3ccc(OC(=O)CCCOC(=O)C=C)cc3)cc2C)cc1. The zero-order chi connectivity index (χ0) is 32.1. The molecule has 0 atom stereocenters. The van der Waals surface area contributed by atoms with Crippen LogP contribution in [-0.2, 0) is 23.9 Å². The molecule has 3 rings (SSSR count). The Labute approximate surface area is 252 Å². The minimum Gasteiger partial charge on any atom is -0.463 e. The Bertz CT molecular complexity index is 1570. The second-order valence-corrected chi connectivity index (χ2v) is 9.03. The number of carbonyl (C=O) groups is 6. The van der Waals surface area contributed by atoms with Crippen LogP contribution in [0.2, 0.25) is 0 Å². The van der Waals surface area contributed by atoms with Crippen LogP contribution in [-0.4, -0.2) is 42.2 Å². The Hall–Kier alpha value is -5.84. The Morgan fingerprint density at radius 3 is 1.75 bits per heavy atom. The third-order valence-corrected chi connectivity index (χ3v) is 5.69. The maximum atomic E-state index is 12.6. The van der Waals surface area contributed by atoms with Gasteiger partial charge in [-0.3, -0.25) is 14.4 Å². The topological polar surface area (TPSA) is 149 Å². The van der Waals surface area contributed by atoms with Crippen molar-refractivity contribution in [3.63, 3.8) is 0 Å². The number of ketones is 1. The number of allylic oxidation sites excluding steroid dienone is 1. The average molecular weight is 601 g/mol. The summed E-state index contributed by atoms with van der Waals surface area (Å²) in [6.07, 6.45) is 1.93. The highest BCUT2D eigenvalue weighted by molar-refractivity contribution is 6.02. The van der Waals surface area contributed by atoms with Gasteiger partial charge in [0.05, 0.1) is 17.7 Å². The Morgan fingerprint density at radius 2 is 1.20 bits per heavy atom. The number of hydrogen-bond donors (Lipinski definition) is 0. The van der Waals surface area contributed by atoms with Gasteiger partial charge < -0.3 is 23.7 Å². The van der Waals surface area contributed by atoms with E-state index < -0.39 is 42.1 Å². The zero-order valence-corrected chi connectivity index (χ0v) is 23.7. The molecule has 0 bridgehead atoms. The normalized spacial score (nSPS) is 10.1. The van der Waals surface area contributed by atoms with Crippen molar-refractivity contribution >= 4 is 35.6 Å². The number of carbonyl (C=O) groups excluding carboxylic acids is 6. The molecule has 0 fully saturated rings. The van der Waals surface area contributed by atoms with Crippen LogP contribution in [0, 0.1) is 6.92 Å². The third kappa shape index (κ3) is 10.2. The summed E-state index contributed by atoms with van der Waals surface area (Å²) < 4.78 is 25.9. The molecule has 0 aliphatic heterocycles. The van der Waals surface area contributed by atoms with Gasteiger partial charge in [-0.25, -0.2) is 14.4 Å². The smallest absolute Gasteiger partial charge is 0.343 e. The van der Waals surface area contributed by atoms with Crippen molar-refractivity contribution in [3.8, 4) is 23.0 Å². The van der Waals surface area contributed by atoms with Crippen LogP contribution < -0.4 is 18.9 Å². The highest BCUT2D eigenvalue weighted by Crippen LogP contribution is 2.26. The molecule has 11 heteroatoms. The van der Waals surface area contributed by atoms with E-state index in [1.54, 1.807) is 6.92 Å². The van der Waals surface area contributed by atoms with E-state index in [1.165, 1.54) is 66.7 Å². The largest absolute Gasteiger partial charge is 0.463 e. The number of rotatable bonds is 14. The van der Waals surface area contributed by atoms with E-state index in [1.807, 2.05) is 0 Å². The monoisotopic (exact) mass is 600 g/mol. The van der Waals surface area contributed by atoms with Gasteiger partial charge in [-0.1, -0.05) is 13.2 Å². The lowest BCUT2D eigenvalue weighted by Crippen LogP contribution is -2.13. The van der Waals surface area contributed by atoms with Crippen LogP contribution in [0.25, 0.3) is 0 Å². The van der Waals surface area contributed by atoms with E-state index >= 15 is 0 Å². The van der Waals surface area contributed by atoms with Crippen molar-refractivity contribution in [2.75, 3.05) is 6.61 Å². The minimum absolute atomic E-state index is 0.0308. The van der Waals surface area contributed by atoms with Crippen LogP contribution >= 0.6 is 0 Å².